The van der Waals surface area contributed by atoms with Crippen LogP contribution in [-0.4, -0.2) is 36.8 Å². The lowest BCUT2D eigenvalue weighted by Crippen LogP contribution is -2.27. The third-order valence-electron chi connectivity index (χ3n) is 1.94. The van der Waals surface area contributed by atoms with Crippen LogP contribution in [0.2, 0.25) is 5.02 Å². The van der Waals surface area contributed by atoms with E-state index in [0.717, 1.165) is 10.6 Å². The zero-order valence-corrected chi connectivity index (χ0v) is 9.33. The van der Waals surface area contributed by atoms with Crippen molar-refractivity contribution in [2.45, 2.75) is 12.5 Å². The van der Waals surface area contributed by atoms with E-state index >= 15 is 0 Å². The first-order chi connectivity index (χ1) is 6.58. The van der Waals surface area contributed by atoms with Gasteiger partial charge in [-0.15, -0.1) is 0 Å². The van der Waals surface area contributed by atoms with Gasteiger partial charge >= 0.3 is 0 Å². The summed E-state index contributed by atoms with van der Waals surface area (Å²) in [5.41, 5.74) is 1.08. The van der Waals surface area contributed by atoms with Crippen LogP contribution in [0.1, 0.15) is 5.56 Å². The normalized spacial score (nSPS) is 13.2. The van der Waals surface area contributed by atoms with Gasteiger partial charge in [0.05, 0.1) is 6.10 Å². The van der Waals surface area contributed by atoms with Crippen LogP contribution in [0.3, 0.4) is 0 Å². The van der Waals surface area contributed by atoms with Crippen molar-refractivity contribution in [3.8, 4) is 0 Å². The maximum Gasteiger partial charge on any atom is 0.0707 e. The summed E-state index contributed by atoms with van der Waals surface area (Å²) >= 11 is 5.84. The van der Waals surface area contributed by atoms with Crippen LogP contribution < -0.4 is 0 Å². The smallest absolute Gasteiger partial charge is 0.0707 e. The average Bonchev–Trinajstić information content (AvgIpc) is 2.01. The van der Waals surface area contributed by atoms with Crippen molar-refractivity contribution < 1.29 is 5.11 Å². The van der Waals surface area contributed by atoms with E-state index in [2.05, 4.69) is 0 Å². The summed E-state index contributed by atoms with van der Waals surface area (Å²) in [5, 5.41) is 10.4. The lowest BCUT2D eigenvalue weighted by Gasteiger charge is -2.15. The molecule has 0 aliphatic carbocycles. The second kappa shape index (κ2) is 5.35. The van der Waals surface area contributed by atoms with Crippen LogP contribution in [-0.2, 0) is 6.42 Å². The van der Waals surface area contributed by atoms with Gasteiger partial charge in [0.2, 0.25) is 0 Å². The Morgan fingerprint density at radius 1 is 1.43 bits per heavy atom. The molecule has 3 heteroatoms. The Labute approximate surface area is 90.1 Å². The van der Waals surface area contributed by atoms with Gasteiger partial charge in [0.25, 0.3) is 0 Å². The van der Waals surface area contributed by atoms with Crippen molar-refractivity contribution in [1.29, 1.82) is 0 Å². The molecule has 78 valence electrons. The second-order valence-electron chi connectivity index (χ2n) is 3.75. The number of hydrogen-bond donors (Lipinski definition) is 1. The minimum absolute atomic E-state index is 0.330. The Morgan fingerprint density at radius 2 is 2.14 bits per heavy atom. The second-order valence-corrected chi connectivity index (χ2v) is 4.19. The maximum absolute atomic E-state index is 9.68. The van der Waals surface area contributed by atoms with Gasteiger partial charge in [0, 0.05) is 11.6 Å². The van der Waals surface area contributed by atoms with Gasteiger partial charge in [0.1, 0.15) is 0 Å². The van der Waals surface area contributed by atoms with Gasteiger partial charge in [-0.1, -0.05) is 23.7 Å². The third-order valence-corrected chi connectivity index (χ3v) is 2.17. The summed E-state index contributed by atoms with van der Waals surface area (Å²) < 4.78 is 0. The molecule has 0 aromatic heterocycles. The number of nitrogens with zero attached hydrogens (tertiary/aromatic N) is 1. The highest BCUT2D eigenvalue weighted by atomic mass is 35.5. The molecule has 1 atom stereocenters. The predicted octanol–water partition coefficient (Wildman–Crippen LogP) is 1.80. The van der Waals surface area contributed by atoms with E-state index in [1.807, 2.05) is 43.3 Å². The van der Waals surface area contributed by atoms with Crippen molar-refractivity contribution in [2.24, 2.45) is 0 Å². The predicted molar refractivity (Wildman–Crippen MR) is 59.7 cm³/mol. The van der Waals surface area contributed by atoms with Crippen LogP contribution in [0.15, 0.2) is 24.3 Å². The number of rotatable bonds is 4. The molecule has 0 bridgehead atoms. The molecule has 0 saturated heterocycles. The Morgan fingerprint density at radius 3 is 2.71 bits per heavy atom. The molecule has 0 amide bonds. The van der Waals surface area contributed by atoms with Gasteiger partial charge in [-0.05, 0) is 38.2 Å². The van der Waals surface area contributed by atoms with Crippen molar-refractivity contribution >= 4 is 11.6 Å². The minimum atomic E-state index is -0.330. The zero-order valence-electron chi connectivity index (χ0n) is 8.57. The molecule has 0 radical (unpaired) electrons. The van der Waals surface area contributed by atoms with Crippen molar-refractivity contribution in [3.63, 3.8) is 0 Å². The zero-order chi connectivity index (χ0) is 10.6. The van der Waals surface area contributed by atoms with E-state index in [1.54, 1.807) is 0 Å². The van der Waals surface area contributed by atoms with Crippen LogP contribution in [0.5, 0.6) is 0 Å². The molecular weight excluding hydrogens is 198 g/mol. The summed E-state index contributed by atoms with van der Waals surface area (Å²) in [4.78, 5) is 1.97. The van der Waals surface area contributed by atoms with E-state index in [4.69, 9.17) is 11.6 Å². The summed E-state index contributed by atoms with van der Waals surface area (Å²) in [6.07, 6.45) is 0.321. The van der Waals surface area contributed by atoms with Gasteiger partial charge in [-0.25, -0.2) is 0 Å². The molecule has 14 heavy (non-hydrogen) atoms. The minimum Gasteiger partial charge on any atom is -0.391 e. The molecule has 2 nitrogen and oxygen atoms in total. The van der Waals surface area contributed by atoms with Gasteiger partial charge in [-0.3, -0.25) is 0 Å². The highest BCUT2D eigenvalue weighted by Crippen LogP contribution is 2.12. The Hall–Kier alpha value is -0.570. The summed E-state index contributed by atoms with van der Waals surface area (Å²) in [5.74, 6) is 0. The van der Waals surface area contributed by atoms with Gasteiger partial charge < -0.3 is 10.0 Å². The molecule has 0 aliphatic heterocycles. The largest absolute Gasteiger partial charge is 0.391 e. The van der Waals surface area contributed by atoms with E-state index in [-0.39, 0.29) is 6.10 Å². The van der Waals surface area contributed by atoms with E-state index in [1.165, 1.54) is 0 Å². The fraction of sp³-hybridized carbons (Fsp3) is 0.455. The first-order valence-electron chi connectivity index (χ1n) is 4.65. The molecule has 0 fully saturated rings. The standard InChI is InChI=1S/C11H16ClNO/c1-13(2)8-11(14)7-9-4-3-5-10(12)6-9/h3-6,11,14H,7-8H2,1-2H3. The van der Waals surface area contributed by atoms with Crippen LogP contribution >= 0.6 is 11.6 Å². The van der Waals surface area contributed by atoms with Crippen molar-refractivity contribution in [2.75, 3.05) is 20.6 Å². The number of likely N-dealkylation sites (N-methyl/N-ethyl adjacent to an activating group) is 1. The highest BCUT2D eigenvalue weighted by molar-refractivity contribution is 6.30. The van der Waals surface area contributed by atoms with Crippen molar-refractivity contribution in [3.05, 3.63) is 34.9 Å². The number of aliphatic hydroxyl groups excluding tert-OH is 1. The Balaban J connectivity index is 2.51. The quantitative estimate of drug-likeness (QED) is 0.825. The molecule has 1 rings (SSSR count). The van der Waals surface area contributed by atoms with Crippen LogP contribution in [0, 0.1) is 0 Å². The molecule has 1 N–H and O–H groups in total. The molecule has 0 spiro atoms. The molecule has 1 aromatic rings. The fourth-order valence-corrected chi connectivity index (χ4v) is 1.63. The lowest BCUT2D eigenvalue weighted by molar-refractivity contribution is 0.137. The first kappa shape index (κ1) is 11.5. The van der Waals surface area contributed by atoms with E-state index in [9.17, 15) is 5.11 Å². The molecule has 1 unspecified atom stereocenters. The van der Waals surface area contributed by atoms with Gasteiger partial charge in [-0.2, -0.15) is 0 Å². The maximum atomic E-state index is 9.68. The highest BCUT2D eigenvalue weighted by Gasteiger charge is 2.06. The molecular formula is C11H16ClNO. The number of aliphatic hydroxyl groups is 1. The number of hydrogen-bond acceptors (Lipinski definition) is 2. The Kier molecular flexibility index (Phi) is 4.39. The summed E-state index contributed by atoms with van der Waals surface area (Å²) in [7, 11) is 3.89. The molecule has 0 heterocycles. The summed E-state index contributed by atoms with van der Waals surface area (Å²) in [6.45, 7) is 0.673. The van der Waals surface area contributed by atoms with Crippen LogP contribution in [0.25, 0.3) is 0 Å². The monoisotopic (exact) mass is 213 g/mol. The van der Waals surface area contributed by atoms with Crippen molar-refractivity contribution in [1.82, 2.24) is 4.90 Å². The molecule has 0 saturated carbocycles. The number of halogens is 1. The van der Waals surface area contributed by atoms with E-state index < -0.39 is 0 Å². The molecule has 1 aromatic carbocycles. The molecule has 0 aliphatic rings. The topological polar surface area (TPSA) is 23.5 Å². The van der Waals surface area contributed by atoms with Crippen LogP contribution in [0.4, 0.5) is 0 Å². The van der Waals surface area contributed by atoms with E-state index in [0.29, 0.717) is 13.0 Å². The van der Waals surface area contributed by atoms with Gasteiger partial charge in [0.15, 0.2) is 0 Å². The average molecular weight is 214 g/mol. The number of benzene rings is 1. The Bertz CT molecular complexity index is 288. The SMILES string of the molecule is CN(C)CC(O)Cc1cccc(Cl)c1. The summed E-state index contributed by atoms with van der Waals surface area (Å²) in [6, 6.07) is 7.61. The first-order valence-corrected chi connectivity index (χ1v) is 5.03. The third kappa shape index (κ3) is 4.09. The fourth-order valence-electron chi connectivity index (χ4n) is 1.42. The lowest BCUT2D eigenvalue weighted by atomic mass is 10.1.